The number of nitrogens with one attached hydrogen (secondary N) is 1. The molecular weight excluding hydrogens is 436 g/mol. The lowest BCUT2D eigenvalue weighted by Gasteiger charge is -2.17. The van der Waals surface area contributed by atoms with Crippen LogP contribution in [0.2, 0.25) is 0 Å². The topological polar surface area (TPSA) is 84.3 Å². The number of nitrogens with zero attached hydrogens (tertiary/aromatic N) is 3. The Labute approximate surface area is 176 Å². The van der Waals surface area contributed by atoms with Crippen LogP contribution >= 0.6 is 15.9 Å². The zero-order valence-corrected chi connectivity index (χ0v) is 17.8. The van der Waals surface area contributed by atoms with Gasteiger partial charge in [-0.05, 0) is 37.3 Å². The molecule has 29 heavy (non-hydrogen) atoms. The molecule has 0 atom stereocenters. The molecule has 0 saturated carbocycles. The number of aryl methyl sites for hydroxylation is 2. The average Bonchev–Trinajstić information content (AvgIpc) is 2.69. The summed E-state index contributed by atoms with van der Waals surface area (Å²) in [5.74, 6) is -0.510. The second-order valence-electron chi connectivity index (χ2n) is 6.82. The lowest BCUT2D eigenvalue weighted by Crippen LogP contribution is -2.35. The Morgan fingerprint density at radius 1 is 1.17 bits per heavy atom. The Bertz CT molecular complexity index is 1110. The number of fused-ring (bicyclic) bond motifs is 1. The van der Waals surface area contributed by atoms with E-state index in [9.17, 15) is 14.4 Å². The molecule has 8 heteroatoms. The quantitative estimate of drug-likeness (QED) is 0.617. The van der Waals surface area contributed by atoms with Crippen LogP contribution in [-0.2, 0) is 16.1 Å². The maximum absolute atomic E-state index is 12.6. The highest BCUT2D eigenvalue weighted by Gasteiger charge is 2.14. The van der Waals surface area contributed by atoms with Crippen molar-refractivity contribution < 1.29 is 9.59 Å². The standard InChI is InChI=1S/C21H21BrN4O3/c1-14-3-6-16(7-4-14)24-19(27)12-25(2)20(28)9-10-26-13-23-18-8-5-15(22)11-17(18)21(26)29/h3-8,11,13H,9-10,12H2,1-2H3,(H,24,27). The van der Waals surface area contributed by atoms with E-state index in [1.807, 2.05) is 37.3 Å². The molecule has 0 saturated heterocycles. The van der Waals surface area contributed by atoms with Gasteiger partial charge in [0.1, 0.15) is 0 Å². The van der Waals surface area contributed by atoms with Crippen LogP contribution in [0, 0.1) is 6.92 Å². The van der Waals surface area contributed by atoms with Crippen molar-refractivity contribution in [2.75, 3.05) is 18.9 Å². The van der Waals surface area contributed by atoms with Crippen LogP contribution in [0.4, 0.5) is 5.69 Å². The van der Waals surface area contributed by atoms with E-state index in [0.29, 0.717) is 16.6 Å². The van der Waals surface area contributed by atoms with E-state index < -0.39 is 0 Å². The maximum atomic E-state index is 12.6. The van der Waals surface area contributed by atoms with Crippen LogP contribution in [0.1, 0.15) is 12.0 Å². The maximum Gasteiger partial charge on any atom is 0.261 e. The van der Waals surface area contributed by atoms with Crippen LogP contribution in [0.3, 0.4) is 0 Å². The molecule has 1 N–H and O–H groups in total. The molecule has 0 bridgehead atoms. The number of aromatic nitrogens is 2. The number of halogens is 1. The number of carbonyl (C=O) groups excluding carboxylic acids is 2. The molecule has 0 spiro atoms. The summed E-state index contributed by atoms with van der Waals surface area (Å²) in [5, 5.41) is 3.25. The van der Waals surface area contributed by atoms with Crippen molar-refractivity contribution in [3.8, 4) is 0 Å². The molecule has 2 aromatic carbocycles. The number of hydrogen-bond acceptors (Lipinski definition) is 4. The number of hydrogen-bond donors (Lipinski definition) is 1. The summed E-state index contributed by atoms with van der Waals surface area (Å²) in [6.45, 7) is 2.09. The number of anilines is 1. The van der Waals surface area contributed by atoms with Gasteiger partial charge in [-0.3, -0.25) is 19.0 Å². The van der Waals surface area contributed by atoms with Gasteiger partial charge >= 0.3 is 0 Å². The Hall–Kier alpha value is -3.00. The SMILES string of the molecule is Cc1ccc(NC(=O)CN(C)C(=O)CCn2cnc3ccc(Br)cc3c2=O)cc1. The molecule has 3 rings (SSSR count). The molecule has 0 radical (unpaired) electrons. The Morgan fingerprint density at radius 2 is 1.90 bits per heavy atom. The summed E-state index contributed by atoms with van der Waals surface area (Å²) in [5.41, 5.74) is 2.18. The smallest absolute Gasteiger partial charge is 0.261 e. The summed E-state index contributed by atoms with van der Waals surface area (Å²) in [6, 6.07) is 12.7. The molecule has 0 aliphatic heterocycles. The van der Waals surface area contributed by atoms with Gasteiger partial charge < -0.3 is 10.2 Å². The summed E-state index contributed by atoms with van der Waals surface area (Å²) < 4.78 is 2.20. The fraction of sp³-hybridized carbons (Fsp3) is 0.238. The molecule has 3 aromatic rings. The molecule has 150 valence electrons. The van der Waals surface area contributed by atoms with Crippen molar-refractivity contribution in [2.45, 2.75) is 19.9 Å². The molecule has 2 amide bonds. The predicted octanol–water partition coefficient (Wildman–Crippen LogP) is 2.95. The van der Waals surface area contributed by atoms with Gasteiger partial charge in [0.05, 0.1) is 23.8 Å². The molecule has 0 aliphatic carbocycles. The monoisotopic (exact) mass is 456 g/mol. The summed E-state index contributed by atoms with van der Waals surface area (Å²) >= 11 is 3.35. The van der Waals surface area contributed by atoms with Gasteiger partial charge in [-0.15, -0.1) is 0 Å². The number of rotatable bonds is 6. The average molecular weight is 457 g/mol. The van der Waals surface area contributed by atoms with Gasteiger partial charge in [-0.2, -0.15) is 0 Å². The highest BCUT2D eigenvalue weighted by atomic mass is 79.9. The highest BCUT2D eigenvalue weighted by molar-refractivity contribution is 9.10. The molecule has 0 unspecified atom stereocenters. The highest BCUT2D eigenvalue weighted by Crippen LogP contribution is 2.15. The van der Waals surface area contributed by atoms with E-state index in [1.54, 1.807) is 19.2 Å². The first-order chi connectivity index (χ1) is 13.8. The van der Waals surface area contributed by atoms with Gasteiger partial charge in [0.15, 0.2) is 0 Å². The van der Waals surface area contributed by atoms with Crippen molar-refractivity contribution in [2.24, 2.45) is 0 Å². The van der Waals surface area contributed by atoms with Crippen molar-refractivity contribution in [3.05, 3.63) is 69.2 Å². The molecule has 7 nitrogen and oxygen atoms in total. The predicted molar refractivity (Wildman–Crippen MR) is 116 cm³/mol. The molecule has 0 aliphatic rings. The second kappa shape index (κ2) is 9.00. The van der Waals surface area contributed by atoms with Crippen LogP contribution in [-0.4, -0.2) is 39.9 Å². The lowest BCUT2D eigenvalue weighted by atomic mass is 10.2. The van der Waals surface area contributed by atoms with Crippen LogP contribution < -0.4 is 10.9 Å². The second-order valence-corrected chi connectivity index (χ2v) is 7.73. The zero-order valence-electron chi connectivity index (χ0n) is 16.2. The first kappa shape index (κ1) is 20.7. The molecule has 1 aromatic heterocycles. The molecule has 1 heterocycles. The Morgan fingerprint density at radius 3 is 2.62 bits per heavy atom. The van der Waals surface area contributed by atoms with Crippen molar-refractivity contribution >= 4 is 44.3 Å². The number of likely N-dealkylation sites (N-methyl/N-ethyl adjacent to an activating group) is 1. The fourth-order valence-corrected chi connectivity index (χ4v) is 3.20. The summed E-state index contributed by atoms with van der Waals surface area (Å²) in [4.78, 5) is 42.7. The number of benzene rings is 2. The Kier molecular flexibility index (Phi) is 6.43. The van der Waals surface area contributed by atoms with Crippen molar-refractivity contribution in [3.63, 3.8) is 0 Å². The van der Waals surface area contributed by atoms with Gasteiger partial charge in [0, 0.05) is 30.2 Å². The normalized spacial score (nSPS) is 10.7. The lowest BCUT2D eigenvalue weighted by molar-refractivity contribution is -0.133. The summed E-state index contributed by atoms with van der Waals surface area (Å²) in [7, 11) is 1.57. The third-order valence-corrected chi connectivity index (χ3v) is 4.99. The van der Waals surface area contributed by atoms with Crippen molar-refractivity contribution in [1.82, 2.24) is 14.5 Å². The van der Waals surface area contributed by atoms with E-state index in [1.165, 1.54) is 15.8 Å². The van der Waals surface area contributed by atoms with Crippen molar-refractivity contribution in [1.29, 1.82) is 0 Å². The van der Waals surface area contributed by atoms with Crippen LogP contribution in [0.25, 0.3) is 10.9 Å². The third kappa shape index (κ3) is 5.29. The first-order valence-electron chi connectivity index (χ1n) is 9.08. The minimum Gasteiger partial charge on any atom is -0.336 e. The summed E-state index contributed by atoms with van der Waals surface area (Å²) in [6.07, 6.45) is 1.53. The largest absolute Gasteiger partial charge is 0.336 e. The third-order valence-electron chi connectivity index (χ3n) is 4.49. The van der Waals surface area contributed by atoms with Gasteiger partial charge in [-0.1, -0.05) is 33.6 Å². The Balaban J connectivity index is 1.58. The zero-order chi connectivity index (χ0) is 21.0. The van der Waals surface area contributed by atoms with E-state index >= 15 is 0 Å². The van der Waals surface area contributed by atoms with Gasteiger partial charge in [-0.25, -0.2) is 4.98 Å². The van der Waals surface area contributed by atoms with Crippen LogP contribution in [0.5, 0.6) is 0 Å². The number of amides is 2. The minimum atomic E-state index is -0.279. The van der Waals surface area contributed by atoms with E-state index in [0.717, 1.165) is 10.0 Å². The van der Waals surface area contributed by atoms with E-state index in [4.69, 9.17) is 0 Å². The first-order valence-corrected chi connectivity index (χ1v) is 9.88. The molecular formula is C21H21BrN4O3. The minimum absolute atomic E-state index is 0.0650. The number of carbonyl (C=O) groups is 2. The van der Waals surface area contributed by atoms with E-state index in [2.05, 4.69) is 26.2 Å². The van der Waals surface area contributed by atoms with Crippen LogP contribution in [0.15, 0.2) is 58.1 Å². The van der Waals surface area contributed by atoms with Gasteiger partial charge in [0.2, 0.25) is 11.8 Å². The fourth-order valence-electron chi connectivity index (χ4n) is 2.84. The molecule has 0 fully saturated rings. The van der Waals surface area contributed by atoms with E-state index in [-0.39, 0.29) is 36.9 Å². The van der Waals surface area contributed by atoms with Gasteiger partial charge in [0.25, 0.3) is 5.56 Å².